The smallest absolute Gasteiger partial charge is 0.353 e. The van der Waals surface area contributed by atoms with Gasteiger partial charge in [-0.05, 0) is 18.2 Å². The van der Waals surface area contributed by atoms with Crippen LogP contribution < -0.4 is 4.90 Å². The molecule has 150 valence electrons. The van der Waals surface area contributed by atoms with Crippen molar-refractivity contribution in [1.82, 2.24) is 9.29 Å². The van der Waals surface area contributed by atoms with Gasteiger partial charge in [-0.25, -0.2) is 13.4 Å². The van der Waals surface area contributed by atoms with E-state index >= 15 is 0 Å². The highest BCUT2D eigenvalue weighted by Crippen LogP contribution is 2.35. The first-order valence-corrected chi connectivity index (χ1v) is 9.56. The maximum Gasteiger partial charge on any atom is 0.419 e. The average molecular weight is 416 g/mol. The molecular weight excluding hydrogens is 401 g/mol. The summed E-state index contributed by atoms with van der Waals surface area (Å²) in [7, 11) is -4.00. The number of anilines is 1. The molecular formula is C16H15F3N4O4S. The zero-order chi connectivity index (χ0) is 20.5. The largest absolute Gasteiger partial charge is 0.419 e. The summed E-state index contributed by atoms with van der Waals surface area (Å²) < 4.78 is 66.0. The van der Waals surface area contributed by atoms with Gasteiger partial charge >= 0.3 is 6.18 Å². The number of non-ortho nitro benzene ring substituents is 1. The summed E-state index contributed by atoms with van der Waals surface area (Å²) >= 11 is 0. The number of rotatable bonds is 4. The fraction of sp³-hybridized carbons (Fsp3) is 0.312. The molecule has 0 saturated carbocycles. The molecule has 1 fully saturated rings. The van der Waals surface area contributed by atoms with Crippen LogP contribution in [0.5, 0.6) is 0 Å². The Balaban J connectivity index is 1.79. The lowest BCUT2D eigenvalue weighted by Crippen LogP contribution is -2.49. The number of nitro groups is 1. The van der Waals surface area contributed by atoms with Gasteiger partial charge in [0, 0.05) is 44.5 Å². The van der Waals surface area contributed by atoms with Crippen molar-refractivity contribution in [2.45, 2.75) is 11.1 Å². The maximum absolute atomic E-state index is 13.2. The number of pyridine rings is 1. The van der Waals surface area contributed by atoms with Crippen molar-refractivity contribution in [2.75, 3.05) is 31.1 Å². The molecule has 0 radical (unpaired) electrons. The van der Waals surface area contributed by atoms with Gasteiger partial charge in [-0.2, -0.15) is 17.5 Å². The number of sulfonamides is 1. The van der Waals surface area contributed by atoms with E-state index in [0.29, 0.717) is 0 Å². The first-order chi connectivity index (χ1) is 13.1. The number of nitrogens with zero attached hydrogens (tertiary/aromatic N) is 4. The molecule has 1 aliphatic rings. The minimum Gasteiger partial charge on any atom is -0.353 e. The number of alkyl halides is 3. The SMILES string of the molecule is O=[N+]([O-])c1cccc(S(=O)(=O)N2CCN(c3ncccc3C(F)(F)F)CC2)c1. The zero-order valence-electron chi connectivity index (χ0n) is 14.3. The van der Waals surface area contributed by atoms with E-state index in [2.05, 4.69) is 4.98 Å². The van der Waals surface area contributed by atoms with Crippen LogP contribution in [-0.4, -0.2) is 48.8 Å². The molecule has 0 unspecified atom stereocenters. The minimum absolute atomic E-state index is 0.00818. The van der Waals surface area contributed by atoms with E-state index in [0.717, 1.165) is 16.4 Å². The van der Waals surface area contributed by atoms with Crippen molar-refractivity contribution in [3.8, 4) is 0 Å². The van der Waals surface area contributed by atoms with Crippen LogP contribution in [0.25, 0.3) is 0 Å². The minimum atomic E-state index is -4.57. The van der Waals surface area contributed by atoms with Crippen LogP contribution in [0.1, 0.15) is 5.56 Å². The molecule has 2 heterocycles. The highest BCUT2D eigenvalue weighted by atomic mass is 32.2. The van der Waals surface area contributed by atoms with Crippen molar-refractivity contribution in [1.29, 1.82) is 0 Å². The molecule has 0 aliphatic carbocycles. The number of benzene rings is 1. The molecule has 12 heteroatoms. The number of piperazine rings is 1. The number of hydrogen-bond donors (Lipinski definition) is 0. The van der Waals surface area contributed by atoms with Crippen LogP contribution in [0.2, 0.25) is 0 Å². The molecule has 1 aromatic carbocycles. The van der Waals surface area contributed by atoms with Gasteiger partial charge in [-0.3, -0.25) is 10.1 Å². The summed E-state index contributed by atoms with van der Waals surface area (Å²) in [6.45, 7) is -0.125. The lowest BCUT2D eigenvalue weighted by molar-refractivity contribution is -0.385. The first-order valence-electron chi connectivity index (χ1n) is 8.12. The summed E-state index contributed by atoms with van der Waals surface area (Å²) in [6, 6.07) is 6.77. The predicted molar refractivity (Wildman–Crippen MR) is 93.3 cm³/mol. The van der Waals surface area contributed by atoms with Gasteiger partial charge in [-0.1, -0.05) is 6.07 Å². The molecule has 1 aromatic heterocycles. The summed E-state index contributed by atoms with van der Waals surface area (Å²) in [5.41, 5.74) is -1.24. The lowest BCUT2D eigenvalue weighted by atomic mass is 10.2. The van der Waals surface area contributed by atoms with Crippen LogP contribution in [0.3, 0.4) is 0 Å². The maximum atomic E-state index is 13.2. The fourth-order valence-electron chi connectivity index (χ4n) is 2.92. The second-order valence-corrected chi connectivity index (χ2v) is 7.96. The van der Waals surface area contributed by atoms with Crippen molar-refractivity contribution >= 4 is 21.5 Å². The number of aromatic nitrogens is 1. The summed E-state index contributed by atoms with van der Waals surface area (Å²) in [6.07, 6.45) is -3.33. The molecule has 2 aromatic rings. The molecule has 0 N–H and O–H groups in total. The van der Waals surface area contributed by atoms with Gasteiger partial charge in [0.25, 0.3) is 5.69 Å². The quantitative estimate of drug-likeness (QED) is 0.561. The van der Waals surface area contributed by atoms with Crippen molar-refractivity contribution < 1.29 is 26.5 Å². The van der Waals surface area contributed by atoms with E-state index in [4.69, 9.17) is 0 Å². The van der Waals surface area contributed by atoms with Crippen molar-refractivity contribution in [3.63, 3.8) is 0 Å². The third-order valence-electron chi connectivity index (χ3n) is 4.30. The summed E-state index contributed by atoms with van der Waals surface area (Å²) in [4.78, 5) is 15.1. The van der Waals surface area contributed by atoms with Gasteiger partial charge in [0.05, 0.1) is 15.4 Å². The Bertz CT molecular complexity index is 989. The summed E-state index contributed by atoms with van der Waals surface area (Å²) in [5, 5.41) is 10.9. The first kappa shape index (κ1) is 20.0. The van der Waals surface area contributed by atoms with Gasteiger partial charge in [0.2, 0.25) is 10.0 Å². The standard InChI is InChI=1S/C16H15F3N4O4S/c17-16(18,19)14-5-2-6-20-15(14)21-7-9-22(10-8-21)28(26,27)13-4-1-3-12(11-13)23(24)25/h1-6,11H,7-10H2. The number of nitro benzene ring substituents is 1. The molecule has 0 spiro atoms. The molecule has 0 amide bonds. The predicted octanol–water partition coefficient (Wildman–Crippen LogP) is 2.52. The van der Waals surface area contributed by atoms with Gasteiger partial charge < -0.3 is 4.90 Å². The lowest BCUT2D eigenvalue weighted by Gasteiger charge is -2.35. The van der Waals surface area contributed by atoms with E-state index in [1.807, 2.05) is 0 Å². The average Bonchev–Trinajstić information content (AvgIpc) is 2.67. The third-order valence-corrected chi connectivity index (χ3v) is 6.19. The zero-order valence-corrected chi connectivity index (χ0v) is 15.2. The van der Waals surface area contributed by atoms with E-state index < -0.39 is 26.7 Å². The van der Waals surface area contributed by atoms with Crippen LogP contribution in [0, 0.1) is 10.1 Å². The van der Waals surface area contributed by atoms with E-state index in [9.17, 15) is 31.7 Å². The fourth-order valence-corrected chi connectivity index (χ4v) is 4.38. The van der Waals surface area contributed by atoms with E-state index in [-0.39, 0.29) is 42.6 Å². The molecule has 3 rings (SSSR count). The molecule has 0 bridgehead atoms. The van der Waals surface area contributed by atoms with E-state index in [1.54, 1.807) is 0 Å². The molecule has 0 atom stereocenters. The monoisotopic (exact) mass is 416 g/mol. The Hall–Kier alpha value is -2.73. The molecule has 8 nitrogen and oxygen atoms in total. The molecule has 1 aliphatic heterocycles. The Morgan fingerprint density at radius 2 is 1.75 bits per heavy atom. The van der Waals surface area contributed by atoms with Gasteiger partial charge in [-0.15, -0.1) is 0 Å². The van der Waals surface area contributed by atoms with E-state index in [1.165, 1.54) is 35.4 Å². The third kappa shape index (κ3) is 3.92. The number of halogens is 3. The molecule has 28 heavy (non-hydrogen) atoms. The number of hydrogen-bond acceptors (Lipinski definition) is 6. The van der Waals surface area contributed by atoms with Crippen LogP contribution in [0.4, 0.5) is 24.7 Å². The second kappa shape index (κ2) is 7.36. The normalized spacial score (nSPS) is 16.2. The molecule has 1 saturated heterocycles. The Labute approximate surface area is 158 Å². The Morgan fingerprint density at radius 1 is 1.07 bits per heavy atom. The second-order valence-electron chi connectivity index (χ2n) is 6.02. The Morgan fingerprint density at radius 3 is 2.36 bits per heavy atom. The van der Waals surface area contributed by atoms with Gasteiger partial charge in [0.1, 0.15) is 5.82 Å². The van der Waals surface area contributed by atoms with Crippen LogP contribution in [0.15, 0.2) is 47.5 Å². The van der Waals surface area contributed by atoms with Crippen LogP contribution in [-0.2, 0) is 16.2 Å². The topological polar surface area (TPSA) is 96.6 Å². The van der Waals surface area contributed by atoms with Gasteiger partial charge in [0.15, 0.2) is 0 Å². The van der Waals surface area contributed by atoms with Crippen molar-refractivity contribution in [3.05, 3.63) is 58.3 Å². The summed E-state index contributed by atoms with van der Waals surface area (Å²) in [5.74, 6) is -0.248. The van der Waals surface area contributed by atoms with Crippen LogP contribution >= 0.6 is 0 Å². The Kier molecular flexibility index (Phi) is 5.26. The highest BCUT2D eigenvalue weighted by Gasteiger charge is 2.37. The van der Waals surface area contributed by atoms with Crippen molar-refractivity contribution in [2.24, 2.45) is 0 Å². The highest BCUT2D eigenvalue weighted by molar-refractivity contribution is 7.89.